The Morgan fingerprint density at radius 1 is 0.375 bits per heavy atom. The molecule has 80 heavy (non-hydrogen) atoms. The minimum absolute atomic E-state index is 0.214. The molecule has 16 nitrogen and oxygen atoms in total. The lowest BCUT2D eigenvalue weighted by Gasteiger charge is -2.39. The monoisotopic (exact) mass is 1080 g/mol. The van der Waals surface area contributed by atoms with Crippen molar-refractivity contribution in [1.29, 1.82) is 0 Å². The summed E-state index contributed by atoms with van der Waals surface area (Å²) >= 11 is 0. The van der Waals surface area contributed by atoms with Gasteiger partial charge in [-0.2, -0.15) is 0 Å². The second-order valence-electron chi connectivity index (χ2n) is 19.9. The molecule has 16 heteroatoms. The van der Waals surface area contributed by atoms with Gasteiger partial charge in [-0.1, -0.05) is 60.7 Å². The maximum atomic E-state index is 12.6. The highest BCUT2D eigenvalue weighted by atomic mass is 16.7. The van der Waals surface area contributed by atoms with Crippen molar-refractivity contribution in [3.8, 4) is 46.0 Å². The number of carbonyl (C=O) groups excluding carboxylic acids is 4. The third-order valence-corrected chi connectivity index (χ3v) is 15.7. The van der Waals surface area contributed by atoms with E-state index in [1.165, 1.54) is 28.4 Å². The summed E-state index contributed by atoms with van der Waals surface area (Å²) in [6.45, 7) is -1.26. The van der Waals surface area contributed by atoms with Crippen LogP contribution in [0.4, 0.5) is 0 Å². The van der Waals surface area contributed by atoms with Crippen LogP contribution in [0.15, 0.2) is 109 Å². The van der Waals surface area contributed by atoms with Gasteiger partial charge in [0.2, 0.25) is 12.6 Å². The average Bonchev–Trinajstić information content (AvgIpc) is 3.62. The zero-order chi connectivity index (χ0) is 54.8. The predicted octanol–water partition coefficient (Wildman–Crippen LogP) is 10.6. The van der Waals surface area contributed by atoms with Gasteiger partial charge in [-0.3, -0.25) is 0 Å². The lowest BCUT2D eigenvalue weighted by Crippen LogP contribution is -2.35. The van der Waals surface area contributed by atoms with Gasteiger partial charge in [0.15, 0.2) is 26.4 Å². The van der Waals surface area contributed by atoms with E-state index in [9.17, 15) is 19.2 Å². The highest BCUT2D eigenvalue weighted by molar-refractivity contribution is 6.02. The smallest absolute Gasteiger partial charge is 0.343 e. The van der Waals surface area contributed by atoms with Crippen molar-refractivity contribution in [2.24, 2.45) is 0 Å². The van der Waals surface area contributed by atoms with Gasteiger partial charge >= 0.3 is 23.9 Å². The zero-order valence-corrected chi connectivity index (χ0v) is 44.0. The Balaban J connectivity index is 1.07. The molecule has 0 saturated carbocycles. The average molecular weight is 1080 g/mol. The Bertz CT molecular complexity index is 3730. The van der Waals surface area contributed by atoms with Gasteiger partial charge in [-0.05, 0) is 117 Å². The molecule has 4 unspecified atom stereocenters. The molecule has 0 aromatic heterocycles. The van der Waals surface area contributed by atoms with Crippen LogP contribution in [0.25, 0.3) is 55.2 Å². The molecule has 0 fully saturated rings. The second-order valence-corrected chi connectivity index (χ2v) is 19.9. The Morgan fingerprint density at radius 3 is 1.00 bits per heavy atom. The molecule has 0 amide bonds. The number of allylic oxidation sites excluding steroid dienone is 2. The van der Waals surface area contributed by atoms with E-state index in [4.69, 9.17) is 56.8 Å². The standard InChI is InChI=1S/C64H52O16/c1-69-55(65)29-73-47-19-15-41-33-11-23-51-61(41)45-27-59(77-51)78-52-25-13-35-39(49(75-31-57(67)71-3)21-17-43(35)62(45)52)9-6-10-40-36-14-26-54-64(44(36)18-22-50(40)76-32-58(68)72-4)46-28-60(80-54)79-53-24-12-34-38(8-5-7-37(33)47)48(74-30-56(66)70-2)20-16-42(34)63(46)53/h5-7,10-26,45-46,59-60H,8-9,27-32H2,1-4H3/b7-5-,10-6-. The first-order valence-corrected chi connectivity index (χ1v) is 26.3. The lowest BCUT2D eigenvalue weighted by atomic mass is 9.78. The van der Waals surface area contributed by atoms with Gasteiger partial charge in [-0.15, -0.1) is 0 Å². The Hall–Kier alpha value is -9.44. The van der Waals surface area contributed by atoms with Crippen molar-refractivity contribution < 1.29 is 76.0 Å². The van der Waals surface area contributed by atoms with E-state index in [0.717, 1.165) is 87.6 Å². The molecule has 4 aliphatic heterocycles. The van der Waals surface area contributed by atoms with Crippen LogP contribution in [0, 0.1) is 0 Å². The van der Waals surface area contributed by atoms with Gasteiger partial charge in [0.1, 0.15) is 46.0 Å². The summed E-state index contributed by atoms with van der Waals surface area (Å²) in [5, 5.41) is 7.12. The van der Waals surface area contributed by atoms with Crippen molar-refractivity contribution in [2.75, 3.05) is 54.9 Å². The first-order valence-electron chi connectivity index (χ1n) is 26.3. The van der Waals surface area contributed by atoms with E-state index in [1.807, 2.05) is 121 Å². The highest BCUT2D eigenvalue weighted by Crippen LogP contribution is 2.56. The SMILES string of the molecule is COC(=O)COc1ccc2c3c4ccc2c1/C=C\Cc1c(OCC(=O)OC)ccc2c5c(ccc12)OC1CC5c2c(ccc5c(c(OCC(=O)OC)ccc25)/C=C\Cc2c(OCC(=O)OC)ccc5c6c(ccc25)OC(CC36)O4)O1. The summed E-state index contributed by atoms with van der Waals surface area (Å²) in [7, 11) is 5.28. The molecular weight excluding hydrogens is 1020 g/mol. The molecule has 404 valence electrons. The molecule has 0 radical (unpaired) electrons. The van der Waals surface area contributed by atoms with E-state index < -0.39 is 36.5 Å². The van der Waals surface area contributed by atoms with Crippen molar-refractivity contribution in [2.45, 2.75) is 50.1 Å². The van der Waals surface area contributed by atoms with E-state index in [-0.39, 0.29) is 38.3 Å². The third kappa shape index (κ3) is 8.62. The minimum Gasteiger partial charge on any atom is -0.482 e. The lowest BCUT2D eigenvalue weighted by molar-refractivity contribution is -0.143. The van der Waals surface area contributed by atoms with Crippen LogP contribution in [0.1, 0.15) is 69.2 Å². The molecule has 0 spiro atoms. The van der Waals surface area contributed by atoms with Crippen molar-refractivity contribution in [3.05, 3.63) is 154 Å². The number of hydrogen-bond acceptors (Lipinski definition) is 16. The number of fused-ring (bicyclic) bond motifs is 2. The molecule has 4 atom stereocenters. The van der Waals surface area contributed by atoms with E-state index in [2.05, 4.69) is 0 Å². The fraction of sp³-hybridized carbons (Fsp3) is 0.250. The van der Waals surface area contributed by atoms with Gasteiger partial charge < -0.3 is 56.8 Å². The molecule has 5 aliphatic rings. The topological polar surface area (TPSA) is 179 Å². The molecule has 1 aliphatic carbocycles. The first kappa shape index (κ1) is 50.1. The van der Waals surface area contributed by atoms with Crippen molar-refractivity contribution >= 4 is 79.1 Å². The molecule has 20 bridgehead atoms. The predicted molar refractivity (Wildman–Crippen MR) is 294 cm³/mol. The van der Waals surface area contributed by atoms with Crippen LogP contribution in [-0.4, -0.2) is 91.3 Å². The Labute approximate surface area is 458 Å². The van der Waals surface area contributed by atoms with Crippen molar-refractivity contribution in [3.63, 3.8) is 0 Å². The van der Waals surface area contributed by atoms with E-state index in [1.54, 1.807) is 0 Å². The Morgan fingerprint density at radius 2 is 0.662 bits per heavy atom. The van der Waals surface area contributed by atoms with Crippen LogP contribution in [0.5, 0.6) is 46.0 Å². The Kier molecular flexibility index (Phi) is 12.8. The van der Waals surface area contributed by atoms with Gasteiger partial charge in [0.05, 0.1) is 28.4 Å². The van der Waals surface area contributed by atoms with Gasteiger partial charge in [0.25, 0.3) is 0 Å². The van der Waals surface area contributed by atoms with E-state index in [0.29, 0.717) is 71.7 Å². The number of esters is 4. The van der Waals surface area contributed by atoms with Crippen LogP contribution in [0.2, 0.25) is 0 Å². The van der Waals surface area contributed by atoms with Gasteiger partial charge in [0, 0.05) is 69.2 Å². The fourth-order valence-electron chi connectivity index (χ4n) is 12.2. The van der Waals surface area contributed by atoms with Crippen molar-refractivity contribution in [1.82, 2.24) is 0 Å². The summed E-state index contributed by atoms with van der Waals surface area (Å²) < 4.78 is 71.5. The van der Waals surface area contributed by atoms with Gasteiger partial charge in [-0.25, -0.2) is 19.2 Å². The minimum atomic E-state index is -0.563. The molecular formula is C64H52O16. The second kappa shape index (κ2) is 20.4. The molecule has 8 aromatic carbocycles. The fourth-order valence-corrected chi connectivity index (χ4v) is 12.2. The molecule has 8 aromatic rings. The summed E-state index contributed by atoms with van der Waals surface area (Å²) in [4.78, 5) is 50.5. The number of carbonyl (C=O) groups is 4. The number of hydrogen-bond donors (Lipinski definition) is 0. The number of benzene rings is 8. The van der Waals surface area contributed by atoms with Crippen LogP contribution in [-0.2, 0) is 51.0 Å². The van der Waals surface area contributed by atoms with E-state index >= 15 is 0 Å². The summed E-state index contributed by atoms with van der Waals surface area (Å²) in [6.07, 6.45) is 8.61. The maximum absolute atomic E-state index is 12.6. The molecule has 13 rings (SSSR count). The third-order valence-electron chi connectivity index (χ3n) is 15.7. The van der Waals surface area contributed by atoms with Crippen LogP contribution >= 0.6 is 0 Å². The molecule has 4 heterocycles. The summed E-state index contributed by atoms with van der Waals surface area (Å²) in [5.41, 5.74) is 6.90. The number of ether oxygens (including phenoxy) is 12. The van der Waals surface area contributed by atoms with Crippen LogP contribution in [0.3, 0.4) is 0 Å². The van der Waals surface area contributed by atoms with Crippen LogP contribution < -0.4 is 37.9 Å². The summed E-state index contributed by atoms with van der Waals surface area (Å²) in [6, 6.07) is 31.4. The number of methoxy groups -OCH3 is 4. The highest BCUT2D eigenvalue weighted by Gasteiger charge is 2.41. The first-order chi connectivity index (χ1) is 39.1. The maximum Gasteiger partial charge on any atom is 0.343 e. The quantitative estimate of drug-likeness (QED) is 0.0832. The molecule has 0 N–H and O–H groups in total. The largest absolute Gasteiger partial charge is 0.482 e. The summed E-state index contributed by atoms with van der Waals surface area (Å²) in [5.74, 6) is 2.04. The number of rotatable bonds is 12. The normalized spacial score (nSPS) is 18.6. The molecule has 0 saturated heterocycles. The zero-order valence-electron chi connectivity index (χ0n) is 44.0.